The molecule has 2 aromatic heterocycles. The topological polar surface area (TPSA) is 63.9 Å². The maximum absolute atomic E-state index is 11.9. The molecule has 21 heavy (non-hydrogen) atoms. The number of carbonyl (C=O) groups is 1. The molecule has 6 heteroatoms. The van der Waals surface area contributed by atoms with Gasteiger partial charge in [-0.15, -0.1) is 0 Å². The van der Waals surface area contributed by atoms with Crippen molar-refractivity contribution >= 4 is 17.1 Å². The van der Waals surface area contributed by atoms with Crippen molar-refractivity contribution < 1.29 is 4.79 Å². The molecule has 1 amide bonds. The summed E-state index contributed by atoms with van der Waals surface area (Å²) >= 11 is 0. The first-order chi connectivity index (χ1) is 10.1. The van der Waals surface area contributed by atoms with E-state index in [2.05, 4.69) is 15.0 Å². The van der Waals surface area contributed by atoms with Crippen LogP contribution in [0.5, 0.6) is 0 Å². The molecule has 0 N–H and O–H groups in total. The highest BCUT2D eigenvalue weighted by Crippen LogP contribution is 2.26. The Labute approximate surface area is 121 Å². The van der Waals surface area contributed by atoms with Crippen LogP contribution >= 0.6 is 0 Å². The van der Waals surface area contributed by atoms with E-state index < -0.39 is 0 Å². The van der Waals surface area contributed by atoms with E-state index in [0.29, 0.717) is 12.4 Å². The van der Waals surface area contributed by atoms with Gasteiger partial charge in [0.2, 0.25) is 0 Å². The lowest BCUT2D eigenvalue weighted by Gasteiger charge is -2.04. The SMILES string of the molecule is CN1Cc2cc(-c3ncc4ncn(C)c4n3)ccc2C1=O. The lowest BCUT2D eigenvalue weighted by atomic mass is 10.1. The molecule has 0 radical (unpaired) electrons. The van der Waals surface area contributed by atoms with Gasteiger partial charge in [0.25, 0.3) is 5.91 Å². The molecule has 0 saturated heterocycles. The fourth-order valence-electron chi connectivity index (χ4n) is 2.66. The molecule has 0 aliphatic carbocycles. The predicted molar refractivity (Wildman–Crippen MR) is 77.5 cm³/mol. The van der Waals surface area contributed by atoms with Crippen LogP contribution in [-0.2, 0) is 13.6 Å². The molecule has 0 unspecified atom stereocenters. The Morgan fingerprint density at radius 2 is 2.05 bits per heavy atom. The Morgan fingerprint density at radius 1 is 1.19 bits per heavy atom. The van der Waals surface area contributed by atoms with E-state index in [9.17, 15) is 4.79 Å². The molecule has 3 aromatic rings. The first kappa shape index (κ1) is 12.0. The Kier molecular flexibility index (Phi) is 2.35. The van der Waals surface area contributed by atoms with Gasteiger partial charge in [-0.2, -0.15) is 0 Å². The van der Waals surface area contributed by atoms with E-state index in [1.807, 2.05) is 29.8 Å². The number of amides is 1. The summed E-state index contributed by atoms with van der Waals surface area (Å²) in [6, 6.07) is 5.75. The maximum Gasteiger partial charge on any atom is 0.254 e. The van der Waals surface area contributed by atoms with Gasteiger partial charge in [-0.25, -0.2) is 15.0 Å². The van der Waals surface area contributed by atoms with Crippen LogP contribution in [0, 0.1) is 0 Å². The lowest BCUT2D eigenvalue weighted by Crippen LogP contribution is -2.17. The van der Waals surface area contributed by atoms with Gasteiger partial charge >= 0.3 is 0 Å². The Bertz CT molecular complexity index is 883. The average molecular weight is 279 g/mol. The van der Waals surface area contributed by atoms with E-state index in [-0.39, 0.29) is 5.91 Å². The number of aromatic nitrogens is 4. The highest BCUT2D eigenvalue weighted by Gasteiger charge is 2.24. The van der Waals surface area contributed by atoms with Crippen LogP contribution in [0.3, 0.4) is 0 Å². The smallest absolute Gasteiger partial charge is 0.254 e. The van der Waals surface area contributed by atoms with Crippen LogP contribution in [0.25, 0.3) is 22.6 Å². The summed E-state index contributed by atoms with van der Waals surface area (Å²) < 4.78 is 1.87. The molecule has 0 atom stereocenters. The minimum Gasteiger partial charge on any atom is -0.337 e. The van der Waals surface area contributed by atoms with E-state index in [0.717, 1.165) is 27.9 Å². The number of hydrogen-bond acceptors (Lipinski definition) is 4. The van der Waals surface area contributed by atoms with Crippen molar-refractivity contribution in [2.24, 2.45) is 7.05 Å². The van der Waals surface area contributed by atoms with Gasteiger partial charge in [0.15, 0.2) is 11.5 Å². The number of fused-ring (bicyclic) bond motifs is 2. The van der Waals surface area contributed by atoms with E-state index >= 15 is 0 Å². The van der Waals surface area contributed by atoms with Gasteiger partial charge in [-0.1, -0.05) is 6.07 Å². The van der Waals surface area contributed by atoms with Crippen LogP contribution < -0.4 is 0 Å². The van der Waals surface area contributed by atoms with Gasteiger partial charge in [-0.05, 0) is 17.7 Å². The second-order valence-corrected chi connectivity index (χ2v) is 5.29. The summed E-state index contributed by atoms with van der Waals surface area (Å²) in [5.41, 5.74) is 4.28. The zero-order valence-corrected chi connectivity index (χ0v) is 11.7. The molecular formula is C15H13N5O. The zero-order chi connectivity index (χ0) is 14.6. The zero-order valence-electron chi connectivity index (χ0n) is 11.7. The molecule has 104 valence electrons. The third-order valence-corrected chi connectivity index (χ3v) is 3.80. The van der Waals surface area contributed by atoms with Crippen LogP contribution in [0.4, 0.5) is 0 Å². The summed E-state index contributed by atoms with van der Waals surface area (Å²) in [6.07, 6.45) is 3.45. The van der Waals surface area contributed by atoms with Crippen molar-refractivity contribution in [3.05, 3.63) is 41.9 Å². The Morgan fingerprint density at radius 3 is 2.90 bits per heavy atom. The Hall–Kier alpha value is -2.76. The van der Waals surface area contributed by atoms with E-state index in [4.69, 9.17) is 0 Å². The van der Waals surface area contributed by atoms with Crippen molar-refractivity contribution in [1.29, 1.82) is 0 Å². The maximum atomic E-state index is 11.9. The van der Waals surface area contributed by atoms with Gasteiger partial charge in [0.1, 0.15) is 5.52 Å². The van der Waals surface area contributed by atoms with Crippen molar-refractivity contribution in [2.75, 3.05) is 7.05 Å². The number of carbonyl (C=O) groups excluding carboxylic acids is 1. The fraction of sp³-hybridized carbons (Fsp3) is 0.200. The van der Waals surface area contributed by atoms with Crippen LogP contribution in [-0.4, -0.2) is 37.4 Å². The largest absolute Gasteiger partial charge is 0.337 e. The summed E-state index contributed by atoms with van der Waals surface area (Å²) in [5.74, 6) is 0.718. The number of hydrogen-bond donors (Lipinski definition) is 0. The van der Waals surface area contributed by atoms with Gasteiger partial charge in [0.05, 0.1) is 12.5 Å². The van der Waals surface area contributed by atoms with Crippen molar-refractivity contribution in [3.8, 4) is 11.4 Å². The second kappa shape index (κ2) is 4.12. The summed E-state index contributed by atoms with van der Waals surface area (Å²) in [6.45, 7) is 0.635. The first-order valence-corrected chi connectivity index (χ1v) is 6.66. The molecule has 6 nitrogen and oxygen atoms in total. The molecule has 1 aromatic carbocycles. The van der Waals surface area contributed by atoms with Crippen molar-refractivity contribution in [1.82, 2.24) is 24.4 Å². The average Bonchev–Trinajstić information content (AvgIpc) is 3.00. The number of rotatable bonds is 1. The van der Waals surface area contributed by atoms with Gasteiger partial charge < -0.3 is 9.47 Å². The lowest BCUT2D eigenvalue weighted by molar-refractivity contribution is 0.0816. The summed E-state index contributed by atoms with van der Waals surface area (Å²) in [7, 11) is 3.71. The minimum absolute atomic E-state index is 0.0690. The van der Waals surface area contributed by atoms with Crippen LogP contribution in [0.15, 0.2) is 30.7 Å². The van der Waals surface area contributed by atoms with Gasteiger partial charge in [-0.3, -0.25) is 4.79 Å². The third-order valence-electron chi connectivity index (χ3n) is 3.80. The number of benzene rings is 1. The number of imidazole rings is 1. The molecule has 0 saturated carbocycles. The molecule has 0 fully saturated rings. The molecule has 1 aliphatic rings. The standard InChI is InChI=1S/C15H13N5O/c1-19-7-10-5-9(3-4-11(10)15(19)21)13-16-6-12-14(18-13)20(2)8-17-12/h3-6,8H,7H2,1-2H3. The molecule has 0 spiro atoms. The molecule has 0 bridgehead atoms. The molecule has 4 rings (SSSR count). The third kappa shape index (κ3) is 1.72. The normalized spacial score (nSPS) is 14.0. The summed E-state index contributed by atoms with van der Waals surface area (Å²) in [4.78, 5) is 26.8. The van der Waals surface area contributed by atoms with Crippen LogP contribution in [0.1, 0.15) is 15.9 Å². The van der Waals surface area contributed by atoms with Gasteiger partial charge in [0, 0.05) is 31.8 Å². The van der Waals surface area contributed by atoms with E-state index in [1.54, 1.807) is 24.5 Å². The second-order valence-electron chi connectivity index (χ2n) is 5.29. The van der Waals surface area contributed by atoms with Crippen molar-refractivity contribution in [3.63, 3.8) is 0 Å². The Balaban J connectivity index is 1.84. The number of nitrogens with zero attached hydrogens (tertiary/aromatic N) is 5. The predicted octanol–water partition coefficient (Wildman–Crippen LogP) is 1.62. The minimum atomic E-state index is 0.0690. The monoisotopic (exact) mass is 279 g/mol. The summed E-state index contributed by atoms with van der Waals surface area (Å²) in [5, 5.41) is 0. The van der Waals surface area contributed by atoms with Crippen LogP contribution in [0.2, 0.25) is 0 Å². The van der Waals surface area contributed by atoms with E-state index in [1.165, 1.54) is 0 Å². The molecule has 1 aliphatic heterocycles. The fourth-order valence-corrected chi connectivity index (χ4v) is 2.66. The quantitative estimate of drug-likeness (QED) is 0.679. The molecular weight excluding hydrogens is 266 g/mol. The molecule has 3 heterocycles. The number of aryl methyl sites for hydroxylation is 1. The highest BCUT2D eigenvalue weighted by molar-refractivity contribution is 5.98. The first-order valence-electron chi connectivity index (χ1n) is 6.66. The highest BCUT2D eigenvalue weighted by atomic mass is 16.2. The van der Waals surface area contributed by atoms with Crippen molar-refractivity contribution in [2.45, 2.75) is 6.54 Å².